The molecule has 1 unspecified atom stereocenters. The molecule has 0 radical (unpaired) electrons. The van der Waals surface area contributed by atoms with Gasteiger partial charge in [0, 0.05) is 0 Å². The molecule has 0 aliphatic rings. The predicted octanol–water partition coefficient (Wildman–Crippen LogP) is 5.28. The van der Waals surface area contributed by atoms with Gasteiger partial charge in [-0.05, 0) is 62.4 Å². The third-order valence-corrected chi connectivity index (χ3v) is 3.22. The molecule has 2 aromatic rings. The van der Waals surface area contributed by atoms with E-state index in [9.17, 15) is 13.2 Å². The first-order chi connectivity index (χ1) is 11.8. The fraction of sp³-hybridized carbons (Fsp3) is 0.278. The second-order valence-electron chi connectivity index (χ2n) is 5.15. The zero-order chi connectivity index (χ0) is 18.4. The van der Waals surface area contributed by atoms with Gasteiger partial charge in [-0.25, -0.2) is 0 Å². The monoisotopic (exact) mass is 353 g/mol. The smallest absolute Gasteiger partial charge is 0.416 e. The third kappa shape index (κ3) is 5.41. The molecular weight excluding hydrogens is 335 g/mol. The van der Waals surface area contributed by atoms with Crippen molar-refractivity contribution >= 4 is 5.90 Å². The predicted molar refractivity (Wildman–Crippen MR) is 87.4 cm³/mol. The highest BCUT2D eigenvalue weighted by Crippen LogP contribution is 2.31. The van der Waals surface area contributed by atoms with Crippen molar-refractivity contribution in [2.24, 2.45) is 0 Å². The molecule has 0 fully saturated rings. The maximum Gasteiger partial charge on any atom is 0.416 e. The Morgan fingerprint density at radius 3 is 1.92 bits per heavy atom. The molecule has 0 aliphatic heterocycles. The number of ether oxygens (including phenoxy) is 3. The fourth-order valence-electron chi connectivity index (χ4n) is 1.96. The maximum atomic E-state index is 12.5. The number of hydrogen-bond acceptors (Lipinski definition) is 4. The SMILES string of the molecule is CCOC(=N)C(C)Oc1ccc(Oc2ccc(C(F)(F)F)cc2)cc1. The first-order valence-corrected chi connectivity index (χ1v) is 7.62. The Kier molecular flexibility index (Phi) is 5.90. The number of halogens is 3. The summed E-state index contributed by atoms with van der Waals surface area (Å²) in [4.78, 5) is 0. The Morgan fingerprint density at radius 1 is 0.960 bits per heavy atom. The van der Waals surface area contributed by atoms with Crippen molar-refractivity contribution in [3.05, 3.63) is 54.1 Å². The van der Waals surface area contributed by atoms with Crippen LogP contribution in [0.5, 0.6) is 17.2 Å². The second kappa shape index (κ2) is 7.92. The molecule has 0 amide bonds. The topological polar surface area (TPSA) is 51.5 Å². The Morgan fingerprint density at radius 2 is 1.44 bits per heavy atom. The van der Waals surface area contributed by atoms with Crippen LogP contribution in [0.15, 0.2) is 48.5 Å². The lowest BCUT2D eigenvalue weighted by Gasteiger charge is -2.16. The molecule has 1 atom stereocenters. The molecule has 7 heteroatoms. The van der Waals surface area contributed by atoms with E-state index in [0.29, 0.717) is 23.9 Å². The van der Waals surface area contributed by atoms with E-state index in [2.05, 4.69) is 0 Å². The Balaban J connectivity index is 1.97. The summed E-state index contributed by atoms with van der Waals surface area (Å²) in [6.45, 7) is 3.88. The van der Waals surface area contributed by atoms with E-state index in [1.54, 1.807) is 38.1 Å². The molecule has 25 heavy (non-hydrogen) atoms. The average molecular weight is 353 g/mol. The zero-order valence-electron chi connectivity index (χ0n) is 13.8. The molecule has 0 bridgehead atoms. The van der Waals surface area contributed by atoms with Gasteiger partial charge in [0.2, 0.25) is 5.90 Å². The Bertz CT molecular complexity index is 697. The van der Waals surface area contributed by atoms with Gasteiger partial charge in [0.1, 0.15) is 17.2 Å². The minimum Gasteiger partial charge on any atom is -0.481 e. The minimum absolute atomic E-state index is 0.0348. The first-order valence-electron chi connectivity index (χ1n) is 7.62. The van der Waals surface area contributed by atoms with Gasteiger partial charge in [0.05, 0.1) is 12.2 Å². The van der Waals surface area contributed by atoms with Crippen LogP contribution >= 0.6 is 0 Å². The summed E-state index contributed by atoms with van der Waals surface area (Å²) in [5, 5.41) is 7.64. The molecule has 134 valence electrons. The molecule has 0 aromatic heterocycles. The zero-order valence-corrected chi connectivity index (χ0v) is 13.8. The molecular formula is C18H18F3NO3. The van der Waals surface area contributed by atoms with Crippen LogP contribution in [0.3, 0.4) is 0 Å². The molecule has 2 rings (SSSR count). The molecule has 0 spiro atoms. The Labute approximate surface area is 143 Å². The summed E-state index contributed by atoms with van der Waals surface area (Å²) in [6.07, 6.45) is -4.90. The molecule has 0 saturated heterocycles. The van der Waals surface area contributed by atoms with Crippen LogP contribution < -0.4 is 9.47 Å². The Hall–Kier alpha value is -2.70. The van der Waals surface area contributed by atoms with Crippen molar-refractivity contribution in [3.8, 4) is 17.2 Å². The van der Waals surface area contributed by atoms with Gasteiger partial charge in [0.15, 0.2) is 6.10 Å². The lowest BCUT2D eigenvalue weighted by atomic mass is 10.2. The van der Waals surface area contributed by atoms with Crippen molar-refractivity contribution in [2.75, 3.05) is 6.61 Å². The highest BCUT2D eigenvalue weighted by molar-refractivity contribution is 5.77. The van der Waals surface area contributed by atoms with Crippen molar-refractivity contribution in [3.63, 3.8) is 0 Å². The number of alkyl halides is 3. The minimum atomic E-state index is -4.37. The molecule has 1 N–H and O–H groups in total. The second-order valence-corrected chi connectivity index (χ2v) is 5.15. The van der Waals surface area contributed by atoms with Crippen LogP contribution in [0, 0.1) is 5.41 Å². The average Bonchev–Trinajstić information content (AvgIpc) is 2.56. The summed E-state index contributed by atoms with van der Waals surface area (Å²) in [5.74, 6) is 1.32. The summed E-state index contributed by atoms with van der Waals surface area (Å²) < 4.78 is 53.7. The lowest BCUT2D eigenvalue weighted by Crippen LogP contribution is -2.25. The van der Waals surface area contributed by atoms with Gasteiger partial charge in [-0.15, -0.1) is 0 Å². The van der Waals surface area contributed by atoms with Gasteiger partial charge in [-0.3, -0.25) is 5.41 Å². The van der Waals surface area contributed by atoms with E-state index in [0.717, 1.165) is 12.1 Å². The van der Waals surface area contributed by atoms with Crippen LogP contribution in [-0.2, 0) is 10.9 Å². The van der Waals surface area contributed by atoms with Gasteiger partial charge >= 0.3 is 6.18 Å². The lowest BCUT2D eigenvalue weighted by molar-refractivity contribution is -0.137. The molecule has 4 nitrogen and oxygen atoms in total. The summed E-state index contributed by atoms with van der Waals surface area (Å²) in [7, 11) is 0. The molecule has 0 saturated carbocycles. The summed E-state index contributed by atoms with van der Waals surface area (Å²) >= 11 is 0. The van der Waals surface area contributed by atoms with Crippen molar-refractivity contribution in [2.45, 2.75) is 26.1 Å². The number of nitrogens with one attached hydrogen (secondary N) is 1. The van der Waals surface area contributed by atoms with E-state index < -0.39 is 17.8 Å². The van der Waals surface area contributed by atoms with Crippen LogP contribution in [0.2, 0.25) is 0 Å². The normalized spacial score (nSPS) is 12.4. The summed E-state index contributed by atoms with van der Waals surface area (Å²) in [5.41, 5.74) is -0.727. The van der Waals surface area contributed by atoms with Crippen molar-refractivity contribution < 1.29 is 27.4 Å². The van der Waals surface area contributed by atoms with Crippen molar-refractivity contribution in [1.82, 2.24) is 0 Å². The van der Waals surface area contributed by atoms with Gasteiger partial charge in [-0.2, -0.15) is 13.2 Å². The van der Waals surface area contributed by atoms with Gasteiger partial charge in [-0.1, -0.05) is 0 Å². The fourth-order valence-corrected chi connectivity index (χ4v) is 1.96. The third-order valence-electron chi connectivity index (χ3n) is 3.22. The standard InChI is InChI=1S/C18H18F3NO3/c1-3-23-17(22)12(2)24-14-8-10-16(11-9-14)25-15-6-4-13(5-7-15)18(19,20)21/h4-12,22H,3H2,1-2H3. The number of benzene rings is 2. The van der Waals surface area contributed by atoms with E-state index in [-0.39, 0.29) is 5.90 Å². The number of hydrogen-bond donors (Lipinski definition) is 1. The van der Waals surface area contributed by atoms with Gasteiger partial charge in [0.25, 0.3) is 0 Å². The summed E-state index contributed by atoms with van der Waals surface area (Å²) in [6, 6.07) is 11.0. The first kappa shape index (κ1) is 18.6. The van der Waals surface area contributed by atoms with E-state index in [1.165, 1.54) is 12.1 Å². The van der Waals surface area contributed by atoms with Gasteiger partial charge < -0.3 is 14.2 Å². The van der Waals surface area contributed by atoms with Crippen LogP contribution in [0.4, 0.5) is 13.2 Å². The van der Waals surface area contributed by atoms with Crippen molar-refractivity contribution in [1.29, 1.82) is 5.41 Å². The number of rotatable bonds is 6. The maximum absolute atomic E-state index is 12.5. The van der Waals surface area contributed by atoms with Crippen LogP contribution in [-0.4, -0.2) is 18.6 Å². The molecule has 2 aromatic carbocycles. The van der Waals surface area contributed by atoms with E-state index in [4.69, 9.17) is 19.6 Å². The highest BCUT2D eigenvalue weighted by atomic mass is 19.4. The van der Waals surface area contributed by atoms with Crippen LogP contribution in [0.1, 0.15) is 19.4 Å². The molecule has 0 aliphatic carbocycles. The van der Waals surface area contributed by atoms with E-state index in [1.807, 2.05) is 0 Å². The highest BCUT2D eigenvalue weighted by Gasteiger charge is 2.30. The van der Waals surface area contributed by atoms with E-state index >= 15 is 0 Å². The van der Waals surface area contributed by atoms with Crippen LogP contribution in [0.25, 0.3) is 0 Å². The molecule has 0 heterocycles. The quantitative estimate of drug-likeness (QED) is 0.568. The largest absolute Gasteiger partial charge is 0.481 e.